The number of carbonyl (C=O) groups is 1. The highest BCUT2D eigenvalue weighted by Gasteiger charge is 2.31. The lowest BCUT2D eigenvalue weighted by Crippen LogP contribution is -2.50. The van der Waals surface area contributed by atoms with Gasteiger partial charge in [0.15, 0.2) is 0 Å². The fourth-order valence-corrected chi connectivity index (χ4v) is 5.04. The zero-order valence-corrected chi connectivity index (χ0v) is 20.3. The molecule has 0 bridgehead atoms. The number of alkyl halides is 3. The van der Waals surface area contributed by atoms with E-state index in [1.807, 2.05) is 36.1 Å². The zero-order valence-electron chi connectivity index (χ0n) is 19.5. The number of halogens is 3. The number of hydrogen-bond acceptors (Lipinski definition) is 5. The minimum atomic E-state index is -4.40. The van der Waals surface area contributed by atoms with Crippen LogP contribution < -0.4 is 4.90 Å². The molecule has 186 valence electrons. The van der Waals surface area contributed by atoms with E-state index >= 15 is 0 Å². The normalized spacial score (nSPS) is 15.3. The molecule has 1 aliphatic heterocycles. The van der Waals surface area contributed by atoms with E-state index < -0.39 is 22.5 Å². The third-order valence-electron chi connectivity index (χ3n) is 5.94. The number of benzene rings is 2. The maximum atomic E-state index is 13.0. The molecule has 35 heavy (non-hydrogen) atoms. The molecule has 0 saturated carbocycles. The number of aryl methyl sites for hydroxylation is 2. The van der Waals surface area contributed by atoms with Crippen molar-refractivity contribution < 1.29 is 26.6 Å². The molecule has 3 aromatic rings. The average Bonchev–Trinajstić information content (AvgIpc) is 3.19. The summed E-state index contributed by atoms with van der Waals surface area (Å²) in [6.45, 7) is 5.26. The Labute approximate surface area is 204 Å². The van der Waals surface area contributed by atoms with Crippen molar-refractivity contribution in [1.82, 2.24) is 9.88 Å². The van der Waals surface area contributed by atoms with Crippen molar-refractivity contribution in [2.45, 2.75) is 25.8 Å². The molecule has 0 unspecified atom stereocenters. The first-order valence-electron chi connectivity index (χ1n) is 11.2. The molecule has 0 N–H and O–H groups in total. The first-order valence-corrected chi connectivity index (χ1v) is 12.7. The van der Waals surface area contributed by atoms with Crippen LogP contribution >= 0.6 is 0 Å². The van der Waals surface area contributed by atoms with E-state index in [1.54, 1.807) is 17.9 Å². The molecule has 2 heterocycles. The lowest BCUT2D eigenvalue weighted by atomic mass is 10.1. The first-order chi connectivity index (χ1) is 16.6. The van der Waals surface area contributed by atoms with Gasteiger partial charge in [-0.15, -0.1) is 0 Å². The topological polar surface area (TPSA) is 66.7 Å². The summed E-state index contributed by atoms with van der Waals surface area (Å²) in [6.07, 6.45) is -4.40. The molecular weight excluding hydrogens is 479 g/mol. The Hall–Kier alpha value is -3.14. The van der Waals surface area contributed by atoms with Gasteiger partial charge in [0.25, 0.3) is 0 Å². The molecule has 1 amide bonds. The summed E-state index contributed by atoms with van der Waals surface area (Å²) >= 11 is 0. The molecule has 1 aliphatic rings. The molecule has 1 fully saturated rings. The summed E-state index contributed by atoms with van der Waals surface area (Å²) in [6, 6.07) is 12.9. The van der Waals surface area contributed by atoms with Crippen LogP contribution in [0.25, 0.3) is 11.5 Å². The predicted molar refractivity (Wildman–Crippen MR) is 128 cm³/mol. The number of amides is 1. The van der Waals surface area contributed by atoms with Crippen LogP contribution in [-0.2, 0) is 27.5 Å². The van der Waals surface area contributed by atoms with Crippen LogP contribution in [0.5, 0.6) is 0 Å². The van der Waals surface area contributed by atoms with Crippen molar-refractivity contribution in [1.29, 1.82) is 0 Å². The first kappa shape index (κ1) is 25.0. The van der Waals surface area contributed by atoms with Crippen molar-refractivity contribution in [3.05, 3.63) is 71.1 Å². The minimum Gasteiger partial charge on any atom is -0.441 e. The molecule has 0 aliphatic carbocycles. The number of hydrogen-bond donors (Lipinski definition) is 0. The highest BCUT2D eigenvalue weighted by molar-refractivity contribution is 7.84. The van der Waals surface area contributed by atoms with Crippen molar-refractivity contribution in [2.75, 3.05) is 36.8 Å². The van der Waals surface area contributed by atoms with E-state index in [9.17, 15) is 22.2 Å². The number of piperazine rings is 1. The van der Waals surface area contributed by atoms with Gasteiger partial charge in [-0.25, -0.2) is 4.98 Å². The predicted octanol–water partition coefficient (Wildman–Crippen LogP) is 4.57. The number of nitrogens with zero attached hydrogens (tertiary/aromatic N) is 3. The van der Waals surface area contributed by atoms with Gasteiger partial charge in [0.2, 0.25) is 11.8 Å². The molecule has 0 radical (unpaired) electrons. The van der Waals surface area contributed by atoms with Gasteiger partial charge in [-0.1, -0.05) is 23.8 Å². The standard InChI is InChI=1S/C25H26F3N3O3S/c1-17-6-8-19(9-7-17)24-29-22(18(2)34-24)15-35(33)16-23(32)31-12-10-30(11-13-31)21-5-3-4-20(14-21)25(26,27)28/h3-9,14H,10-13,15-16H2,1-2H3/t35-/m0/s1. The number of carbonyl (C=O) groups excluding carboxylic acids is 1. The van der Waals surface area contributed by atoms with Gasteiger partial charge in [0.05, 0.1) is 17.0 Å². The van der Waals surface area contributed by atoms with Crippen molar-refractivity contribution in [3.8, 4) is 11.5 Å². The van der Waals surface area contributed by atoms with Gasteiger partial charge in [-0.05, 0) is 44.2 Å². The Bertz CT molecular complexity index is 1220. The van der Waals surface area contributed by atoms with Gasteiger partial charge in [0.1, 0.15) is 11.5 Å². The van der Waals surface area contributed by atoms with Crippen LogP contribution in [0, 0.1) is 13.8 Å². The second-order valence-corrected chi connectivity index (χ2v) is 9.99. The summed E-state index contributed by atoms with van der Waals surface area (Å²) in [5.41, 5.74) is 2.28. The highest BCUT2D eigenvalue weighted by Crippen LogP contribution is 2.32. The van der Waals surface area contributed by atoms with Crippen LogP contribution in [-0.4, -0.2) is 51.9 Å². The number of rotatable bonds is 6. The van der Waals surface area contributed by atoms with E-state index in [0.29, 0.717) is 49.2 Å². The fraction of sp³-hybridized carbons (Fsp3) is 0.360. The molecule has 1 atom stereocenters. The fourth-order valence-electron chi connectivity index (χ4n) is 3.91. The minimum absolute atomic E-state index is 0.108. The van der Waals surface area contributed by atoms with Crippen molar-refractivity contribution in [2.24, 2.45) is 0 Å². The molecule has 1 aromatic heterocycles. The van der Waals surface area contributed by atoms with E-state index in [-0.39, 0.29) is 17.4 Å². The lowest BCUT2D eigenvalue weighted by molar-refractivity contribution is -0.137. The number of aromatic nitrogens is 1. The van der Waals surface area contributed by atoms with Gasteiger partial charge in [0, 0.05) is 48.2 Å². The van der Waals surface area contributed by atoms with E-state index in [2.05, 4.69) is 4.98 Å². The Balaban J connectivity index is 1.31. The monoisotopic (exact) mass is 505 g/mol. The smallest absolute Gasteiger partial charge is 0.416 e. The molecular formula is C25H26F3N3O3S. The van der Waals surface area contributed by atoms with Gasteiger partial charge in [-0.2, -0.15) is 13.2 Å². The second-order valence-electron chi connectivity index (χ2n) is 8.53. The van der Waals surface area contributed by atoms with Crippen LogP contribution in [0.4, 0.5) is 18.9 Å². The summed E-state index contributed by atoms with van der Waals surface area (Å²) in [7, 11) is -1.47. The van der Waals surface area contributed by atoms with Crippen LogP contribution in [0.2, 0.25) is 0 Å². The van der Waals surface area contributed by atoms with Gasteiger partial charge in [-0.3, -0.25) is 9.00 Å². The Morgan fingerprint density at radius 2 is 1.74 bits per heavy atom. The van der Waals surface area contributed by atoms with Crippen molar-refractivity contribution in [3.63, 3.8) is 0 Å². The summed E-state index contributed by atoms with van der Waals surface area (Å²) in [5, 5.41) is 0. The SMILES string of the molecule is Cc1ccc(-c2nc(C[S@](=O)CC(=O)N3CCN(c4cccc(C(F)(F)F)c4)CC3)c(C)o2)cc1. The van der Waals surface area contributed by atoms with E-state index in [0.717, 1.165) is 23.3 Å². The van der Waals surface area contributed by atoms with Crippen LogP contribution in [0.1, 0.15) is 22.6 Å². The van der Waals surface area contributed by atoms with Gasteiger partial charge < -0.3 is 14.2 Å². The Morgan fingerprint density at radius 3 is 2.40 bits per heavy atom. The van der Waals surface area contributed by atoms with Gasteiger partial charge >= 0.3 is 6.18 Å². The molecule has 0 spiro atoms. The number of anilines is 1. The molecule has 6 nitrogen and oxygen atoms in total. The largest absolute Gasteiger partial charge is 0.441 e. The third kappa shape index (κ3) is 6.11. The Morgan fingerprint density at radius 1 is 1.06 bits per heavy atom. The average molecular weight is 506 g/mol. The van der Waals surface area contributed by atoms with Crippen molar-refractivity contribution >= 4 is 22.4 Å². The third-order valence-corrected chi connectivity index (χ3v) is 7.11. The maximum absolute atomic E-state index is 13.0. The summed E-state index contributed by atoms with van der Waals surface area (Å²) < 4.78 is 57.4. The summed E-state index contributed by atoms with van der Waals surface area (Å²) in [5.74, 6) is 0.738. The molecule has 10 heteroatoms. The molecule has 4 rings (SSSR count). The number of oxazole rings is 1. The van der Waals surface area contributed by atoms with Crippen LogP contribution in [0.15, 0.2) is 52.9 Å². The molecule has 2 aromatic carbocycles. The van der Waals surface area contributed by atoms with E-state index in [1.165, 1.54) is 6.07 Å². The Kier molecular flexibility index (Phi) is 7.30. The second kappa shape index (κ2) is 10.2. The maximum Gasteiger partial charge on any atom is 0.416 e. The van der Waals surface area contributed by atoms with Crippen LogP contribution in [0.3, 0.4) is 0 Å². The quantitative estimate of drug-likeness (QED) is 0.491. The zero-order chi connectivity index (χ0) is 25.2. The lowest BCUT2D eigenvalue weighted by Gasteiger charge is -2.36. The van der Waals surface area contributed by atoms with E-state index in [4.69, 9.17) is 4.42 Å². The highest BCUT2D eigenvalue weighted by atomic mass is 32.2. The summed E-state index contributed by atoms with van der Waals surface area (Å²) in [4.78, 5) is 20.6. The molecule has 1 saturated heterocycles.